The molecule has 2 aromatic rings. The maximum atomic E-state index is 12.9. The van der Waals surface area contributed by atoms with Crippen LogP contribution in [0.15, 0.2) is 36.4 Å². The molecule has 0 radical (unpaired) electrons. The van der Waals surface area contributed by atoms with Crippen molar-refractivity contribution in [3.8, 4) is 5.75 Å². The van der Waals surface area contributed by atoms with Crippen LogP contribution in [0.2, 0.25) is 0 Å². The minimum Gasteiger partial charge on any atom is -0.483 e. The number of aryl methyl sites for hydroxylation is 1. The number of anilines is 3. The van der Waals surface area contributed by atoms with Gasteiger partial charge in [0.1, 0.15) is 5.75 Å². The zero-order chi connectivity index (χ0) is 22.2. The van der Waals surface area contributed by atoms with Crippen molar-refractivity contribution in [2.75, 3.05) is 37.0 Å². The molecular formula is C23H26F3N3O2. The molecule has 0 aromatic heterocycles. The van der Waals surface area contributed by atoms with E-state index in [0.717, 1.165) is 28.2 Å². The predicted molar refractivity (Wildman–Crippen MR) is 114 cm³/mol. The Labute approximate surface area is 179 Å². The summed E-state index contributed by atoms with van der Waals surface area (Å²) < 4.78 is 44.4. The van der Waals surface area contributed by atoms with Crippen LogP contribution in [0.5, 0.6) is 5.75 Å². The van der Waals surface area contributed by atoms with E-state index in [1.165, 1.54) is 0 Å². The molecule has 0 spiro atoms. The number of ether oxygens (including phenoxy) is 1. The van der Waals surface area contributed by atoms with Gasteiger partial charge in [0, 0.05) is 55.4 Å². The molecule has 0 atom stereocenters. The van der Waals surface area contributed by atoms with Gasteiger partial charge in [0.25, 0.3) is 5.91 Å². The Balaban J connectivity index is 1.44. The van der Waals surface area contributed by atoms with E-state index in [0.29, 0.717) is 25.4 Å². The maximum Gasteiger partial charge on any atom is 0.391 e. The van der Waals surface area contributed by atoms with Crippen molar-refractivity contribution in [2.24, 2.45) is 5.92 Å². The highest BCUT2D eigenvalue weighted by Crippen LogP contribution is 2.36. The Morgan fingerprint density at radius 2 is 1.84 bits per heavy atom. The summed E-state index contributed by atoms with van der Waals surface area (Å²) in [5.74, 6) is -0.572. The van der Waals surface area contributed by atoms with E-state index in [4.69, 9.17) is 4.74 Å². The first-order chi connectivity index (χ1) is 14.7. The molecule has 2 aliphatic rings. The van der Waals surface area contributed by atoms with E-state index >= 15 is 0 Å². The fraction of sp³-hybridized carbons (Fsp3) is 0.435. The van der Waals surface area contributed by atoms with Crippen LogP contribution < -0.4 is 15.0 Å². The number of carbonyl (C=O) groups excluding carboxylic acids is 1. The van der Waals surface area contributed by atoms with Crippen molar-refractivity contribution in [3.05, 3.63) is 47.5 Å². The molecule has 1 N–H and O–H groups in total. The van der Waals surface area contributed by atoms with E-state index in [1.54, 1.807) is 11.9 Å². The van der Waals surface area contributed by atoms with Crippen molar-refractivity contribution in [3.63, 3.8) is 0 Å². The second-order valence-corrected chi connectivity index (χ2v) is 8.29. The summed E-state index contributed by atoms with van der Waals surface area (Å²) in [6.07, 6.45) is -3.83. The Morgan fingerprint density at radius 1 is 1.10 bits per heavy atom. The number of hydrogen-bond acceptors (Lipinski definition) is 4. The van der Waals surface area contributed by atoms with Gasteiger partial charge in [0.05, 0.1) is 5.92 Å². The summed E-state index contributed by atoms with van der Waals surface area (Å²) in [7, 11) is 1.75. The molecule has 8 heteroatoms. The van der Waals surface area contributed by atoms with Crippen LogP contribution in [0.4, 0.5) is 30.2 Å². The van der Waals surface area contributed by atoms with Gasteiger partial charge in [-0.15, -0.1) is 0 Å². The van der Waals surface area contributed by atoms with Gasteiger partial charge in [-0.05, 0) is 49.6 Å². The number of hydrogen-bond donors (Lipinski definition) is 1. The quantitative estimate of drug-likeness (QED) is 0.750. The smallest absolute Gasteiger partial charge is 0.391 e. The second kappa shape index (κ2) is 8.32. The molecule has 0 bridgehead atoms. The third-order valence-electron chi connectivity index (χ3n) is 6.06. The predicted octanol–water partition coefficient (Wildman–Crippen LogP) is 4.87. The number of benzene rings is 2. The van der Waals surface area contributed by atoms with Crippen molar-refractivity contribution >= 4 is 23.0 Å². The lowest BCUT2D eigenvalue weighted by atomic mass is 9.96. The van der Waals surface area contributed by atoms with Gasteiger partial charge >= 0.3 is 6.18 Å². The molecule has 31 heavy (non-hydrogen) atoms. The number of rotatable bonds is 3. The minimum atomic E-state index is -4.10. The molecule has 166 valence electrons. The highest BCUT2D eigenvalue weighted by atomic mass is 19.4. The van der Waals surface area contributed by atoms with Gasteiger partial charge in [-0.3, -0.25) is 4.79 Å². The molecule has 2 aliphatic heterocycles. The van der Waals surface area contributed by atoms with E-state index in [1.807, 2.05) is 48.2 Å². The molecular weight excluding hydrogens is 407 g/mol. The van der Waals surface area contributed by atoms with Crippen LogP contribution in [-0.2, 0) is 11.3 Å². The molecule has 4 rings (SSSR count). The van der Waals surface area contributed by atoms with Gasteiger partial charge in [-0.1, -0.05) is 6.07 Å². The Morgan fingerprint density at radius 3 is 2.52 bits per heavy atom. The fourth-order valence-corrected chi connectivity index (χ4v) is 4.10. The third-order valence-corrected chi connectivity index (χ3v) is 6.06. The van der Waals surface area contributed by atoms with Crippen LogP contribution in [0.1, 0.15) is 24.0 Å². The van der Waals surface area contributed by atoms with E-state index in [2.05, 4.69) is 5.32 Å². The van der Waals surface area contributed by atoms with Gasteiger partial charge in [0.2, 0.25) is 0 Å². The summed E-state index contributed by atoms with van der Waals surface area (Å²) in [4.78, 5) is 15.5. The van der Waals surface area contributed by atoms with Crippen molar-refractivity contribution in [1.29, 1.82) is 0 Å². The minimum absolute atomic E-state index is 0.0196. The van der Waals surface area contributed by atoms with Crippen LogP contribution >= 0.6 is 0 Å². The number of halogens is 3. The van der Waals surface area contributed by atoms with Crippen LogP contribution in [0, 0.1) is 12.8 Å². The van der Waals surface area contributed by atoms with E-state index < -0.39 is 12.1 Å². The average Bonchev–Trinajstić information content (AvgIpc) is 2.87. The highest BCUT2D eigenvalue weighted by molar-refractivity contribution is 5.78. The lowest BCUT2D eigenvalue weighted by Gasteiger charge is -2.34. The summed E-state index contributed by atoms with van der Waals surface area (Å²) >= 11 is 0. The van der Waals surface area contributed by atoms with Crippen LogP contribution in [0.3, 0.4) is 0 Å². The van der Waals surface area contributed by atoms with Crippen molar-refractivity contribution in [1.82, 2.24) is 4.90 Å². The van der Waals surface area contributed by atoms with Gasteiger partial charge < -0.3 is 19.9 Å². The number of likely N-dealkylation sites (N-methyl/N-ethyl adjacent to an activating group) is 1. The average molecular weight is 433 g/mol. The highest BCUT2D eigenvalue weighted by Gasteiger charge is 2.41. The van der Waals surface area contributed by atoms with Crippen molar-refractivity contribution < 1.29 is 22.7 Å². The largest absolute Gasteiger partial charge is 0.483 e. The number of amides is 1. The molecule has 0 unspecified atom stereocenters. The first-order valence-electron chi connectivity index (χ1n) is 10.4. The zero-order valence-electron chi connectivity index (χ0n) is 17.6. The Bertz CT molecular complexity index is 969. The normalized spacial score (nSPS) is 17.8. The monoisotopic (exact) mass is 433 g/mol. The number of fused-ring (bicyclic) bond motifs is 1. The first kappa shape index (κ1) is 21.3. The molecule has 1 saturated heterocycles. The SMILES string of the molecule is Cc1cc(N2CCC(C(F)(F)F)CC2)ccc1Nc1ccc2c(c1)OCC(=O)N(C)C2. The third kappa shape index (κ3) is 4.73. The first-order valence-corrected chi connectivity index (χ1v) is 10.4. The standard InChI is InChI=1S/C23H26F3N3O2/c1-15-11-19(29-9-7-17(8-10-29)23(24,25)26)5-6-20(15)27-18-4-3-16-13-28(2)22(30)14-31-21(16)12-18/h3-6,11-12,17,27H,7-10,13-14H2,1-2H3. The molecule has 0 saturated carbocycles. The lowest BCUT2D eigenvalue weighted by Crippen LogP contribution is -2.39. The van der Waals surface area contributed by atoms with Crippen molar-refractivity contribution in [2.45, 2.75) is 32.5 Å². The molecule has 0 aliphatic carbocycles. The maximum absolute atomic E-state index is 12.9. The second-order valence-electron chi connectivity index (χ2n) is 8.29. The molecule has 5 nitrogen and oxygen atoms in total. The number of carbonyl (C=O) groups is 1. The van der Waals surface area contributed by atoms with Crippen LogP contribution in [-0.4, -0.2) is 43.7 Å². The molecule has 1 fully saturated rings. The molecule has 2 heterocycles. The number of piperidine rings is 1. The summed E-state index contributed by atoms with van der Waals surface area (Å²) in [5.41, 5.74) is 4.65. The van der Waals surface area contributed by atoms with Crippen LogP contribution in [0.25, 0.3) is 0 Å². The molecule has 2 aromatic carbocycles. The van der Waals surface area contributed by atoms with Gasteiger partial charge in [-0.2, -0.15) is 13.2 Å². The Kier molecular flexibility index (Phi) is 5.73. The van der Waals surface area contributed by atoms with E-state index in [-0.39, 0.29) is 25.4 Å². The number of alkyl halides is 3. The summed E-state index contributed by atoms with van der Waals surface area (Å²) in [6, 6.07) is 11.7. The van der Waals surface area contributed by atoms with Gasteiger partial charge in [-0.25, -0.2) is 0 Å². The van der Waals surface area contributed by atoms with Gasteiger partial charge in [0.15, 0.2) is 6.61 Å². The number of nitrogens with one attached hydrogen (secondary N) is 1. The summed E-state index contributed by atoms with van der Waals surface area (Å²) in [6.45, 7) is 3.32. The Hall–Kier alpha value is -2.90. The summed E-state index contributed by atoms with van der Waals surface area (Å²) in [5, 5.41) is 3.38. The fourth-order valence-electron chi connectivity index (χ4n) is 4.10. The lowest BCUT2D eigenvalue weighted by molar-refractivity contribution is -0.179. The topological polar surface area (TPSA) is 44.8 Å². The zero-order valence-corrected chi connectivity index (χ0v) is 17.6. The number of nitrogens with zero attached hydrogens (tertiary/aromatic N) is 2. The molecule has 1 amide bonds. The van der Waals surface area contributed by atoms with E-state index in [9.17, 15) is 18.0 Å².